The normalized spacial score (nSPS) is 13.1. The Labute approximate surface area is 405 Å². The number of hydrogen-bond acceptors (Lipinski definition) is 4. The molecule has 0 saturated heterocycles. The van der Waals surface area contributed by atoms with Crippen LogP contribution in [-0.4, -0.2) is 62.0 Å². The third-order valence-corrected chi connectivity index (χ3v) is 14.3. The highest BCUT2D eigenvalue weighted by molar-refractivity contribution is 6.25. The topological polar surface area (TPSA) is 154 Å². The molecule has 12 rings (SSSR count). The molecular weight excluding hydrogens is 861 g/mol. The van der Waals surface area contributed by atoms with E-state index >= 15 is 0 Å². The molecule has 0 amide bonds. The van der Waals surface area contributed by atoms with Crippen LogP contribution in [0.2, 0.25) is 0 Å². The number of aliphatic imine (C=N–C) groups is 3. The molecule has 0 bridgehead atoms. The molecule has 0 radical (unpaired) electrons. The summed E-state index contributed by atoms with van der Waals surface area (Å²) in [6, 6.07) is 59.0. The number of nitrogens with zero attached hydrogens (tertiary/aromatic N) is 4. The number of nitrogens with two attached hydrogens (primary N) is 3. The summed E-state index contributed by atoms with van der Waals surface area (Å²) in [6.07, 6.45) is 0. The van der Waals surface area contributed by atoms with Crippen molar-refractivity contribution >= 4 is 115 Å². The monoisotopic (exact) mass is 914 g/mol. The highest BCUT2D eigenvalue weighted by Gasteiger charge is 2.14. The number of benzene rings is 12. The van der Waals surface area contributed by atoms with Crippen LogP contribution in [0, 0.1) is 0 Å². The van der Waals surface area contributed by atoms with Gasteiger partial charge in [-0.3, -0.25) is 4.90 Å². The van der Waals surface area contributed by atoms with Gasteiger partial charge in [-0.05, 0) is 114 Å². The summed E-state index contributed by atoms with van der Waals surface area (Å²) < 4.78 is 0. The smallest absolute Gasteiger partial charge is 0.188 e. The maximum absolute atomic E-state index is 6.52. The Morgan fingerprint density at radius 3 is 0.843 bits per heavy atom. The van der Waals surface area contributed by atoms with Gasteiger partial charge >= 0.3 is 0 Å². The molecule has 0 aliphatic rings. The minimum absolute atomic E-state index is 0.410. The molecule has 12 aromatic carbocycles. The zero-order chi connectivity index (χ0) is 47.1. The Morgan fingerprint density at radius 1 is 0.314 bits per heavy atom. The van der Waals surface area contributed by atoms with E-state index in [0.29, 0.717) is 76.8 Å². The van der Waals surface area contributed by atoms with Crippen LogP contribution < -0.4 is 33.2 Å². The average molecular weight is 915 g/mol. The van der Waals surface area contributed by atoms with Gasteiger partial charge in [-0.15, -0.1) is 0 Å². The molecule has 0 spiro atoms. The molecule has 0 fully saturated rings. The average Bonchev–Trinajstić information content (AvgIpc) is 3.39. The van der Waals surface area contributed by atoms with Gasteiger partial charge in [0.25, 0.3) is 0 Å². The molecule has 344 valence electrons. The molecule has 0 atom stereocenters. The van der Waals surface area contributed by atoms with Gasteiger partial charge in [-0.1, -0.05) is 164 Å². The molecule has 10 heteroatoms. The zero-order valence-electron chi connectivity index (χ0n) is 39.0. The minimum atomic E-state index is 0.410. The summed E-state index contributed by atoms with van der Waals surface area (Å²) >= 11 is 0. The second kappa shape index (κ2) is 18.2. The fraction of sp³-hybridized carbons (Fsp3) is 0.150. The zero-order valence-corrected chi connectivity index (χ0v) is 39.0. The fourth-order valence-electron chi connectivity index (χ4n) is 10.8. The van der Waals surface area contributed by atoms with Gasteiger partial charge in [0.05, 0.1) is 19.6 Å². The first-order chi connectivity index (χ1) is 34.4. The van der Waals surface area contributed by atoms with Crippen molar-refractivity contribution in [1.29, 1.82) is 0 Å². The summed E-state index contributed by atoms with van der Waals surface area (Å²) in [5, 5.41) is 32.7. The second-order valence-electron chi connectivity index (χ2n) is 18.5. The Hall–Kier alpha value is -8.47. The molecule has 0 unspecified atom stereocenters. The van der Waals surface area contributed by atoms with Gasteiger partial charge in [-0.2, -0.15) is 0 Å². The molecule has 12 aromatic rings. The lowest BCUT2D eigenvalue weighted by atomic mass is 9.92. The van der Waals surface area contributed by atoms with Crippen molar-refractivity contribution in [2.75, 3.05) is 39.3 Å². The lowest BCUT2D eigenvalue weighted by molar-refractivity contribution is 0.285. The molecule has 70 heavy (non-hydrogen) atoms. The molecule has 0 aromatic heterocycles. The summed E-state index contributed by atoms with van der Waals surface area (Å²) in [5.41, 5.74) is 23.0. The molecule has 9 N–H and O–H groups in total. The highest BCUT2D eigenvalue weighted by Crippen LogP contribution is 2.39. The molecule has 0 heterocycles. The van der Waals surface area contributed by atoms with Crippen molar-refractivity contribution in [2.24, 2.45) is 32.2 Å². The number of guanidine groups is 3. The third-order valence-electron chi connectivity index (χ3n) is 14.3. The van der Waals surface area contributed by atoms with E-state index in [4.69, 9.17) is 32.2 Å². The van der Waals surface area contributed by atoms with Crippen LogP contribution in [-0.2, 0) is 19.6 Å². The first-order valence-electron chi connectivity index (χ1n) is 24.2. The van der Waals surface area contributed by atoms with Gasteiger partial charge in [0.15, 0.2) is 17.9 Å². The summed E-state index contributed by atoms with van der Waals surface area (Å²) in [4.78, 5) is 16.7. The number of hydrogen-bond donors (Lipinski definition) is 6. The Balaban J connectivity index is 0.708. The van der Waals surface area contributed by atoms with Crippen molar-refractivity contribution in [2.45, 2.75) is 19.6 Å². The van der Waals surface area contributed by atoms with Crippen LogP contribution in [0.1, 0.15) is 16.7 Å². The Morgan fingerprint density at radius 2 is 0.557 bits per heavy atom. The van der Waals surface area contributed by atoms with E-state index in [9.17, 15) is 0 Å². The van der Waals surface area contributed by atoms with E-state index in [1.54, 1.807) is 0 Å². The van der Waals surface area contributed by atoms with Crippen LogP contribution >= 0.6 is 0 Å². The van der Waals surface area contributed by atoms with E-state index in [0.717, 1.165) is 16.7 Å². The van der Waals surface area contributed by atoms with Gasteiger partial charge < -0.3 is 33.2 Å². The predicted molar refractivity (Wildman–Crippen MR) is 297 cm³/mol. The largest absolute Gasteiger partial charge is 0.370 e. The van der Waals surface area contributed by atoms with Gasteiger partial charge in [0.1, 0.15) is 0 Å². The van der Waals surface area contributed by atoms with Gasteiger partial charge in [0, 0.05) is 39.3 Å². The van der Waals surface area contributed by atoms with E-state index in [2.05, 4.69) is 185 Å². The van der Waals surface area contributed by atoms with Crippen molar-refractivity contribution in [1.82, 2.24) is 20.9 Å². The van der Waals surface area contributed by atoms with E-state index in [1.807, 2.05) is 0 Å². The van der Waals surface area contributed by atoms with E-state index in [-0.39, 0.29) is 0 Å². The number of rotatable bonds is 15. The van der Waals surface area contributed by atoms with Crippen molar-refractivity contribution in [3.05, 3.63) is 180 Å². The predicted octanol–water partition coefficient (Wildman–Crippen LogP) is 10.3. The highest BCUT2D eigenvalue weighted by atomic mass is 15.2. The Bertz CT molecular complexity index is 3510. The van der Waals surface area contributed by atoms with E-state index in [1.165, 1.54) is 97.0 Å². The summed E-state index contributed by atoms with van der Waals surface area (Å²) in [7, 11) is 0. The summed E-state index contributed by atoms with van der Waals surface area (Å²) in [6.45, 7) is 5.35. The number of nitrogens with one attached hydrogen (secondary N) is 3. The van der Waals surface area contributed by atoms with Crippen LogP contribution in [0.15, 0.2) is 179 Å². The van der Waals surface area contributed by atoms with Crippen molar-refractivity contribution in [3.8, 4) is 0 Å². The quantitative estimate of drug-likeness (QED) is 0.0340. The lowest BCUT2D eigenvalue weighted by Gasteiger charge is -2.23. The maximum atomic E-state index is 6.52. The minimum Gasteiger partial charge on any atom is -0.370 e. The van der Waals surface area contributed by atoms with Crippen molar-refractivity contribution in [3.63, 3.8) is 0 Å². The van der Waals surface area contributed by atoms with Gasteiger partial charge in [-0.25, -0.2) is 15.0 Å². The third kappa shape index (κ3) is 8.01. The molecule has 10 nitrogen and oxygen atoms in total. The fourth-order valence-corrected chi connectivity index (χ4v) is 10.8. The van der Waals surface area contributed by atoms with Crippen LogP contribution in [0.25, 0.3) is 97.0 Å². The lowest BCUT2D eigenvalue weighted by Crippen LogP contribution is -2.45. The maximum Gasteiger partial charge on any atom is 0.188 e. The first kappa shape index (κ1) is 42.9. The van der Waals surface area contributed by atoms with Crippen LogP contribution in [0.3, 0.4) is 0 Å². The first-order valence-corrected chi connectivity index (χ1v) is 24.2. The molecule has 0 aliphatic heterocycles. The second-order valence-corrected chi connectivity index (χ2v) is 18.5. The standard InChI is InChI=1S/C60H54N10/c61-58(67-34-46-19-16-43-13-10-37-4-1-7-40-22-25-49(46)55(43)52(37)40)64-28-31-70(32-29-65-59(62)68-35-47-20-17-44-14-11-38-5-2-8-41-23-26-50(47)56(44)53(38)41)33-30-66-60(63)69-36-48-21-18-45-15-12-39-6-3-9-42-24-27-51(48)57(45)54(39)42/h1-27H,28-36H2,(H3,61,64,67)(H3,62,65,68)(H3,63,66,69). The molecule has 0 aliphatic carbocycles. The van der Waals surface area contributed by atoms with E-state index < -0.39 is 0 Å². The van der Waals surface area contributed by atoms with Gasteiger partial charge in [0.2, 0.25) is 0 Å². The Kier molecular flexibility index (Phi) is 11.1. The SMILES string of the molecule is NC(=NCc1ccc2ccc3cccc4ccc1c2c34)NCCN(CCNC(N)=NCc1ccc2ccc3cccc4ccc1c2c34)CCNC(N)=NCc1ccc2ccc3cccc4ccc1c2c34. The summed E-state index contributed by atoms with van der Waals surface area (Å²) in [5.74, 6) is 1.23. The molecule has 0 saturated carbocycles. The van der Waals surface area contributed by atoms with Crippen molar-refractivity contribution < 1.29 is 0 Å². The van der Waals surface area contributed by atoms with Crippen LogP contribution in [0.4, 0.5) is 0 Å². The molecular formula is C60H54N10. The van der Waals surface area contributed by atoms with Crippen LogP contribution in [0.5, 0.6) is 0 Å².